The number of para-hydroxylation sites is 2. The first-order valence-corrected chi connectivity index (χ1v) is 7.45. The Morgan fingerprint density at radius 1 is 0.864 bits per heavy atom. The molecule has 0 unspecified atom stereocenters. The van der Waals surface area contributed by atoms with E-state index in [9.17, 15) is 0 Å². The van der Waals surface area contributed by atoms with Gasteiger partial charge in [-0.2, -0.15) is 4.68 Å². The number of aromatic nitrogens is 6. The Kier molecular flexibility index (Phi) is 3.24. The van der Waals surface area contributed by atoms with Crippen molar-refractivity contribution in [3.05, 3.63) is 60.9 Å². The second kappa shape index (κ2) is 5.53. The molecule has 0 aliphatic rings. The van der Waals surface area contributed by atoms with Crippen LogP contribution in [0.4, 0.5) is 0 Å². The zero-order chi connectivity index (χ0) is 14.8. The average Bonchev–Trinajstić information content (AvgIpc) is 3.04. The van der Waals surface area contributed by atoms with E-state index in [4.69, 9.17) is 0 Å². The van der Waals surface area contributed by atoms with E-state index < -0.39 is 0 Å². The molecule has 2 aromatic heterocycles. The van der Waals surface area contributed by atoms with Crippen LogP contribution in [0.1, 0.15) is 0 Å². The van der Waals surface area contributed by atoms with Crippen molar-refractivity contribution in [2.24, 2.45) is 0 Å². The maximum atomic E-state index is 4.36. The van der Waals surface area contributed by atoms with Crippen LogP contribution in [-0.2, 0) is 0 Å². The third-order valence-corrected chi connectivity index (χ3v) is 4.09. The predicted octanol–water partition coefficient (Wildman–Crippen LogP) is 2.76. The molecule has 2 heterocycles. The second-order valence-electron chi connectivity index (χ2n) is 4.51. The highest BCUT2D eigenvalue weighted by atomic mass is 32.2. The van der Waals surface area contributed by atoms with Crippen LogP contribution in [0.15, 0.2) is 71.1 Å². The molecule has 0 aliphatic heterocycles. The molecule has 0 bridgehead atoms. The standard InChI is InChI=1S/C15H10N6S/c1-2-6-11(7-3-1)21-15(18-19-20-21)22-14-12-8-4-5-9-13(12)16-10-17-14/h1-10H. The van der Waals surface area contributed by atoms with Gasteiger partial charge in [0.25, 0.3) is 0 Å². The quantitative estimate of drug-likeness (QED) is 0.542. The van der Waals surface area contributed by atoms with Crippen LogP contribution in [0.3, 0.4) is 0 Å². The topological polar surface area (TPSA) is 69.4 Å². The summed E-state index contributed by atoms with van der Waals surface area (Å²) in [6.45, 7) is 0. The van der Waals surface area contributed by atoms with E-state index in [0.29, 0.717) is 5.16 Å². The van der Waals surface area contributed by atoms with Crippen LogP contribution in [0.5, 0.6) is 0 Å². The molecule has 0 fully saturated rings. The van der Waals surface area contributed by atoms with Crippen LogP contribution >= 0.6 is 11.8 Å². The molecule has 6 nitrogen and oxygen atoms in total. The maximum absolute atomic E-state index is 4.36. The fourth-order valence-corrected chi connectivity index (χ4v) is 2.98. The Balaban J connectivity index is 1.77. The Hall–Kier alpha value is -2.80. The number of rotatable bonds is 3. The summed E-state index contributed by atoms with van der Waals surface area (Å²) in [5.41, 5.74) is 1.81. The molecule has 7 heteroatoms. The van der Waals surface area contributed by atoms with E-state index in [2.05, 4.69) is 25.5 Å². The number of nitrogens with zero attached hydrogens (tertiary/aromatic N) is 6. The van der Waals surface area contributed by atoms with Crippen LogP contribution in [0.2, 0.25) is 0 Å². The van der Waals surface area contributed by atoms with Gasteiger partial charge in [-0.05, 0) is 40.4 Å². The minimum Gasteiger partial charge on any atom is -0.236 e. The summed E-state index contributed by atoms with van der Waals surface area (Å²) in [5.74, 6) is 0. The lowest BCUT2D eigenvalue weighted by molar-refractivity contribution is 0.756. The first-order chi connectivity index (χ1) is 10.9. The predicted molar refractivity (Wildman–Crippen MR) is 82.8 cm³/mol. The summed E-state index contributed by atoms with van der Waals surface area (Å²) in [4.78, 5) is 8.63. The van der Waals surface area contributed by atoms with Crippen LogP contribution in [0, 0.1) is 0 Å². The molecule has 0 radical (unpaired) electrons. The highest BCUT2D eigenvalue weighted by molar-refractivity contribution is 7.99. The van der Waals surface area contributed by atoms with Gasteiger partial charge in [-0.25, -0.2) is 9.97 Å². The van der Waals surface area contributed by atoms with Crippen molar-refractivity contribution in [3.63, 3.8) is 0 Å². The maximum Gasteiger partial charge on any atom is 0.220 e. The van der Waals surface area contributed by atoms with E-state index in [0.717, 1.165) is 21.6 Å². The van der Waals surface area contributed by atoms with Gasteiger partial charge in [0.1, 0.15) is 11.4 Å². The number of fused-ring (bicyclic) bond motifs is 1. The SMILES string of the molecule is c1ccc(-n2nnnc2Sc2ncnc3ccccc23)cc1. The molecule has 0 spiro atoms. The van der Waals surface area contributed by atoms with Gasteiger partial charge in [0.2, 0.25) is 5.16 Å². The molecular formula is C15H10N6S. The van der Waals surface area contributed by atoms with E-state index in [1.807, 2.05) is 54.6 Å². The lowest BCUT2D eigenvalue weighted by Gasteiger charge is -2.05. The highest BCUT2D eigenvalue weighted by Gasteiger charge is 2.12. The number of hydrogen-bond acceptors (Lipinski definition) is 6. The van der Waals surface area contributed by atoms with E-state index in [-0.39, 0.29) is 0 Å². The second-order valence-corrected chi connectivity index (χ2v) is 5.46. The molecule has 0 atom stereocenters. The highest BCUT2D eigenvalue weighted by Crippen LogP contribution is 2.30. The lowest BCUT2D eigenvalue weighted by Crippen LogP contribution is -1.98. The van der Waals surface area contributed by atoms with Crippen LogP contribution in [-0.4, -0.2) is 30.2 Å². The van der Waals surface area contributed by atoms with Crippen molar-refractivity contribution in [2.75, 3.05) is 0 Å². The first kappa shape index (κ1) is 12.9. The van der Waals surface area contributed by atoms with E-state index in [1.165, 1.54) is 11.8 Å². The zero-order valence-electron chi connectivity index (χ0n) is 11.4. The summed E-state index contributed by atoms with van der Waals surface area (Å²) < 4.78 is 1.70. The third-order valence-electron chi connectivity index (χ3n) is 3.14. The normalized spacial score (nSPS) is 10.9. The molecule has 22 heavy (non-hydrogen) atoms. The molecule has 0 aliphatic carbocycles. The van der Waals surface area contributed by atoms with Gasteiger partial charge in [0.05, 0.1) is 11.2 Å². The van der Waals surface area contributed by atoms with Crippen molar-refractivity contribution in [3.8, 4) is 5.69 Å². The van der Waals surface area contributed by atoms with Crippen LogP contribution in [0.25, 0.3) is 16.6 Å². The molecule has 0 saturated carbocycles. The van der Waals surface area contributed by atoms with Crippen molar-refractivity contribution < 1.29 is 0 Å². The van der Waals surface area contributed by atoms with Gasteiger partial charge in [0.15, 0.2) is 0 Å². The Bertz CT molecular complexity index is 916. The summed E-state index contributed by atoms with van der Waals surface area (Å²) in [6, 6.07) is 17.6. The minimum absolute atomic E-state index is 0.662. The molecule has 106 valence electrons. The van der Waals surface area contributed by atoms with Gasteiger partial charge >= 0.3 is 0 Å². The third kappa shape index (κ3) is 2.31. The van der Waals surface area contributed by atoms with Gasteiger partial charge in [-0.3, -0.25) is 0 Å². The summed E-state index contributed by atoms with van der Waals surface area (Å²) in [5, 5.41) is 14.4. The summed E-state index contributed by atoms with van der Waals surface area (Å²) in [6.07, 6.45) is 1.56. The van der Waals surface area contributed by atoms with Gasteiger partial charge in [0, 0.05) is 5.39 Å². The minimum atomic E-state index is 0.662. The molecule has 0 amide bonds. The molecule has 4 rings (SSSR count). The molecule has 4 aromatic rings. The monoisotopic (exact) mass is 306 g/mol. The number of benzene rings is 2. The lowest BCUT2D eigenvalue weighted by atomic mass is 10.2. The van der Waals surface area contributed by atoms with Gasteiger partial charge in [-0.15, -0.1) is 5.10 Å². The van der Waals surface area contributed by atoms with Crippen molar-refractivity contribution in [1.29, 1.82) is 0 Å². The Labute approximate surface area is 130 Å². The molecule has 2 aromatic carbocycles. The van der Waals surface area contributed by atoms with Crippen molar-refractivity contribution in [2.45, 2.75) is 10.2 Å². The fourth-order valence-electron chi connectivity index (χ4n) is 2.12. The summed E-state index contributed by atoms with van der Waals surface area (Å²) in [7, 11) is 0. The average molecular weight is 306 g/mol. The van der Waals surface area contributed by atoms with Crippen molar-refractivity contribution >= 4 is 22.7 Å². The number of tetrazole rings is 1. The van der Waals surface area contributed by atoms with E-state index >= 15 is 0 Å². The Morgan fingerprint density at radius 3 is 2.59 bits per heavy atom. The van der Waals surface area contributed by atoms with Gasteiger partial charge in [-0.1, -0.05) is 36.4 Å². The van der Waals surface area contributed by atoms with Crippen molar-refractivity contribution in [1.82, 2.24) is 30.2 Å². The smallest absolute Gasteiger partial charge is 0.220 e. The molecule has 0 saturated heterocycles. The fraction of sp³-hybridized carbons (Fsp3) is 0. The van der Waals surface area contributed by atoms with Crippen LogP contribution < -0.4 is 0 Å². The number of hydrogen-bond donors (Lipinski definition) is 0. The molecule has 0 N–H and O–H groups in total. The first-order valence-electron chi connectivity index (χ1n) is 6.63. The Morgan fingerprint density at radius 2 is 1.68 bits per heavy atom. The van der Waals surface area contributed by atoms with Gasteiger partial charge < -0.3 is 0 Å². The van der Waals surface area contributed by atoms with E-state index in [1.54, 1.807) is 11.0 Å². The largest absolute Gasteiger partial charge is 0.236 e. The summed E-state index contributed by atoms with van der Waals surface area (Å²) >= 11 is 1.42. The molecular weight excluding hydrogens is 296 g/mol. The zero-order valence-corrected chi connectivity index (χ0v) is 12.2.